The molecule has 6 heteroatoms. The van der Waals surface area contributed by atoms with Crippen LogP contribution in [0, 0.1) is 5.82 Å². The Morgan fingerprint density at radius 2 is 2.15 bits per heavy atom. The van der Waals surface area contributed by atoms with Crippen LogP contribution in [0.1, 0.15) is 21.9 Å². The summed E-state index contributed by atoms with van der Waals surface area (Å²) in [4.78, 5) is 13.2. The average Bonchev–Trinajstić information content (AvgIpc) is 2.86. The smallest absolute Gasteiger partial charge is 0.300 e. The Morgan fingerprint density at radius 1 is 1.35 bits per heavy atom. The molecule has 1 aromatic carbocycles. The maximum atomic E-state index is 13.1. The van der Waals surface area contributed by atoms with Gasteiger partial charge in [-0.2, -0.15) is 0 Å². The summed E-state index contributed by atoms with van der Waals surface area (Å²) in [5.74, 6) is 5.11. The lowest BCUT2D eigenvalue weighted by Gasteiger charge is -2.15. The first kappa shape index (κ1) is 14.2. The fourth-order valence-corrected chi connectivity index (χ4v) is 1.92. The molecule has 0 unspecified atom stereocenters. The maximum Gasteiger partial charge on any atom is 0.300 e. The summed E-state index contributed by atoms with van der Waals surface area (Å²) in [6, 6.07) is 9.71. The molecule has 1 amide bonds. The first-order valence-corrected chi connectivity index (χ1v) is 6.11. The van der Waals surface area contributed by atoms with Crippen LogP contribution in [0.3, 0.4) is 0 Å². The Kier molecular flexibility index (Phi) is 4.49. The number of halogens is 1. The van der Waals surface area contributed by atoms with Gasteiger partial charge < -0.3 is 4.42 Å². The van der Waals surface area contributed by atoms with E-state index in [-0.39, 0.29) is 11.6 Å². The van der Waals surface area contributed by atoms with Crippen LogP contribution in [0.25, 0.3) is 0 Å². The van der Waals surface area contributed by atoms with Crippen molar-refractivity contribution in [1.82, 2.24) is 10.3 Å². The van der Waals surface area contributed by atoms with E-state index in [0.717, 1.165) is 5.56 Å². The zero-order valence-electron chi connectivity index (χ0n) is 11.1. The maximum absolute atomic E-state index is 13.1. The van der Waals surface area contributed by atoms with Crippen molar-refractivity contribution >= 4 is 5.91 Å². The number of hydrogen-bond acceptors (Lipinski definition) is 4. The third-order valence-electron chi connectivity index (χ3n) is 2.78. The van der Waals surface area contributed by atoms with Crippen molar-refractivity contribution in [2.45, 2.75) is 13.1 Å². The van der Waals surface area contributed by atoms with Crippen LogP contribution in [0.15, 0.2) is 40.8 Å². The zero-order chi connectivity index (χ0) is 14.5. The number of nitrogens with zero attached hydrogens (tertiary/aromatic N) is 1. The van der Waals surface area contributed by atoms with Crippen LogP contribution in [0.5, 0.6) is 0 Å². The molecule has 0 aliphatic rings. The number of carbonyl (C=O) groups excluding carboxylic acids is 1. The van der Waals surface area contributed by atoms with E-state index in [1.807, 2.05) is 23.4 Å². The first-order valence-electron chi connectivity index (χ1n) is 6.11. The lowest BCUT2D eigenvalue weighted by molar-refractivity contribution is 0.0922. The van der Waals surface area contributed by atoms with E-state index in [2.05, 4.69) is 0 Å². The number of nitrogens with one attached hydrogen (secondary N) is 1. The standard InChI is InChI=1S/C14H16FN3O2/c1-18(8-10-3-2-4-11(15)7-10)9-12-5-6-13(20-12)14(19)17-16/h2-7H,8-9,16H2,1H3,(H,17,19). The second kappa shape index (κ2) is 6.31. The van der Waals surface area contributed by atoms with Crippen molar-refractivity contribution in [3.8, 4) is 0 Å². The number of hydrazine groups is 1. The number of amides is 1. The van der Waals surface area contributed by atoms with Gasteiger partial charge in [0.15, 0.2) is 5.76 Å². The van der Waals surface area contributed by atoms with E-state index in [4.69, 9.17) is 10.3 Å². The van der Waals surface area contributed by atoms with Crippen LogP contribution in [-0.2, 0) is 13.1 Å². The van der Waals surface area contributed by atoms with Crippen LogP contribution < -0.4 is 11.3 Å². The Bertz CT molecular complexity index is 598. The summed E-state index contributed by atoms with van der Waals surface area (Å²) in [6.07, 6.45) is 0. The first-order chi connectivity index (χ1) is 9.58. The SMILES string of the molecule is CN(Cc1cccc(F)c1)Cc1ccc(C(=O)NN)o1. The Morgan fingerprint density at radius 3 is 2.85 bits per heavy atom. The molecular formula is C14H16FN3O2. The molecule has 3 N–H and O–H groups in total. The van der Waals surface area contributed by atoms with Gasteiger partial charge in [-0.1, -0.05) is 12.1 Å². The molecule has 20 heavy (non-hydrogen) atoms. The molecule has 2 aromatic rings. The molecule has 0 fully saturated rings. The van der Waals surface area contributed by atoms with Gasteiger partial charge in [-0.15, -0.1) is 0 Å². The van der Waals surface area contributed by atoms with Crippen LogP contribution >= 0.6 is 0 Å². The highest BCUT2D eigenvalue weighted by Gasteiger charge is 2.11. The van der Waals surface area contributed by atoms with E-state index >= 15 is 0 Å². The van der Waals surface area contributed by atoms with Crippen molar-refractivity contribution in [3.63, 3.8) is 0 Å². The van der Waals surface area contributed by atoms with E-state index < -0.39 is 5.91 Å². The van der Waals surface area contributed by atoms with Gasteiger partial charge in [-0.05, 0) is 36.9 Å². The minimum atomic E-state index is -0.468. The normalized spacial score (nSPS) is 10.8. The third-order valence-corrected chi connectivity index (χ3v) is 2.78. The predicted octanol–water partition coefficient (Wildman–Crippen LogP) is 1.65. The van der Waals surface area contributed by atoms with Gasteiger partial charge in [-0.25, -0.2) is 10.2 Å². The molecule has 1 heterocycles. The van der Waals surface area contributed by atoms with Gasteiger partial charge >= 0.3 is 5.91 Å². The van der Waals surface area contributed by atoms with Crippen molar-refractivity contribution in [3.05, 3.63) is 59.3 Å². The fraction of sp³-hybridized carbons (Fsp3) is 0.214. The highest BCUT2D eigenvalue weighted by Crippen LogP contribution is 2.12. The van der Waals surface area contributed by atoms with Crippen LogP contribution in [-0.4, -0.2) is 17.9 Å². The van der Waals surface area contributed by atoms with Gasteiger partial charge in [0.25, 0.3) is 0 Å². The second-order valence-electron chi connectivity index (χ2n) is 4.54. The third kappa shape index (κ3) is 3.66. The number of benzene rings is 1. The topological polar surface area (TPSA) is 71.5 Å². The van der Waals surface area contributed by atoms with Crippen molar-refractivity contribution in [2.75, 3.05) is 7.05 Å². The molecule has 0 aliphatic carbocycles. The zero-order valence-corrected chi connectivity index (χ0v) is 11.1. The highest BCUT2D eigenvalue weighted by atomic mass is 19.1. The van der Waals surface area contributed by atoms with Crippen LogP contribution in [0.2, 0.25) is 0 Å². The predicted molar refractivity (Wildman–Crippen MR) is 71.9 cm³/mol. The number of hydrogen-bond donors (Lipinski definition) is 2. The number of furan rings is 1. The average molecular weight is 277 g/mol. The Labute approximate surface area is 116 Å². The second-order valence-corrected chi connectivity index (χ2v) is 4.54. The number of carbonyl (C=O) groups is 1. The molecule has 106 valence electrons. The van der Waals surface area contributed by atoms with Gasteiger partial charge in [0.1, 0.15) is 11.6 Å². The molecule has 0 bridgehead atoms. The van der Waals surface area contributed by atoms with Crippen molar-refractivity contribution in [2.24, 2.45) is 5.84 Å². The minimum absolute atomic E-state index is 0.168. The molecule has 1 aromatic heterocycles. The van der Waals surface area contributed by atoms with Crippen LogP contribution in [0.4, 0.5) is 4.39 Å². The van der Waals surface area contributed by atoms with Gasteiger partial charge in [-0.3, -0.25) is 15.1 Å². The number of rotatable bonds is 5. The van der Waals surface area contributed by atoms with E-state index in [0.29, 0.717) is 18.8 Å². The summed E-state index contributed by atoms with van der Waals surface area (Å²) in [6.45, 7) is 1.09. The summed E-state index contributed by atoms with van der Waals surface area (Å²) in [5.41, 5.74) is 2.88. The molecule has 2 rings (SSSR count). The lowest BCUT2D eigenvalue weighted by Crippen LogP contribution is -2.29. The van der Waals surface area contributed by atoms with Gasteiger partial charge in [0.2, 0.25) is 0 Å². The fourth-order valence-electron chi connectivity index (χ4n) is 1.92. The largest absolute Gasteiger partial charge is 0.455 e. The molecule has 0 saturated carbocycles. The lowest BCUT2D eigenvalue weighted by atomic mass is 10.2. The molecule has 0 spiro atoms. The summed E-state index contributed by atoms with van der Waals surface area (Å²) in [7, 11) is 1.89. The van der Waals surface area contributed by atoms with Gasteiger partial charge in [0, 0.05) is 6.54 Å². The van der Waals surface area contributed by atoms with E-state index in [1.165, 1.54) is 12.1 Å². The molecule has 0 atom stereocenters. The molecule has 5 nitrogen and oxygen atoms in total. The summed E-state index contributed by atoms with van der Waals surface area (Å²) >= 11 is 0. The quantitative estimate of drug-likeness (QED) is 0.495. The van der Waals surface area contributed by atoms with Gasteiger partial charge in [0.05, 0.1) is 6.54 Å². The summed E-state index contributed by atoms with van der Waals surface area (Å²) in [5, 5.41) is 0. The Balaban J connectivity index is 1.96. The summed E-state index contributed by atoms with van der Waals surface area (Å²) < 4.78 is 18.4. The Hall–Kier alpha value is -2.18. The van der Waals surface area contributed by atoms with E-state index in [9.17, 15) is 9.18 Å². The number of nitrogens with two attached hydrogens (primary N) is 1. The molecular weight excluding hydrogens is 261 g/mol. The molecule has 0 aliphatic heterocycles. The number of nitrogen functional groups attached to an aromatic ring is 1. The van der Waals surface area contributed by atoms with Crippen molar-refractivity contribution < 1.29 is 13.6 Å². The molecule has 0 radical (unpaired) electrons. The monoisotopic (exact) mass is 277 g/mol. The van der Waals surface area contributed by atoms with E-state index in [1.54, 1.807) is 18.2 Å². The highest BCUT2D eigenvalue weighted by molar-refractivity contribution is 5.90. The minimum Gasteiger partial charge on any atom is -0.455 e. The van der Waals surface area contributed by atoms with Crippen molar-refractivity contribution in [1.29, 1.82) is 0 Å². The molecule has 0 saturated heterocycles.